The molecule has 0 unspecified atom stereocenters. The number of aliphatic hydroxyl groups is 1. The van der Waals surface area contributed by atoms with E-state index < -0.39 is 11.5 Å². The van der Waals surface area contributed by atoms with Crippen LogP contribution < -0.4 is 4.90 Å². The summed E-state index contributed by atoms with van der Waals surface area (Å²) in [6.07, 6.45) is -0.275. The van der Waals surface area contributed by atoms with Crippen molar-refractivity contribution in [3.05, 3.63) is 63.6 Å². The van der Waals surface area contributed by atoms with E-state index in [1.165, 1.54) is 4.90 Å². The second kappa shape index (κ2) is 5.58. The van der Waals surface area contributed by atoms with Gasteiger partial charge in [-0.15, -0.1) is 0 Å². The smallest absolute Gasteiger partial charge is 0.263 e. The average Bonchev–Trinajstić information content (AvgIpc) is 2.70. The summed E-state index contributed by atoms with van der Waals surface area (Å²) in [6, 6.07) is 12.4. The number of rotatable bonds is 3. The van der Waals surface area contributed by atoms with Gasteiger partial charge in [-0.25, -0.2) is 0 Å². The van der Waals surface area contributed by atoms with E-state index in [1.807, 2.05) is 19.1 Å². The topological polar surface area (TPSA) is 57.6 Å². The molecule has 0 bridgehead atoms. The first-order valence-corrected chi connectivity index (χ1v) is 8.02. The van der Waals surface area contributed by atoms with Crippen molar-refractivity contribution in [2.45, 2.75) is 18.9 Å². The Morgan fingerprint density at radius 1 is 1.22 bits per heavy atom. The Hall–Kier alpha value is -1.98. The van der Waals surface area contributed by atoms with Gasteiger partial charge in [0.1, 0.15) is 0 Å². The predicted molar refractivity (Wildman–Crippen MR) is 91.6 cm³/mol. The zero-order valence-electron chi connectivity index (χ0n) is 12.8. The largest absolute Gasteiger partial charge is 0.375 e. The van der Waals surface area contributed by atoms with Gasteiger partial charge in [0.25, 0.3) is 5.91 Å². The maximum atomic E-state index is 12.5. The van der Waals surface area contributed by atoms with Gasteiger partial charge in [0.05, 0.1) is 12.1 Å². The van der Waals surface area contributed by atoms with E-state index in [2.05, 4.69) is 15.9 Å². The van der Waals surface area contributed by atoms with Crippen molar-refractivity contribution in [1.82, 2.24) is 0 Å². The summed E-state index contributed by atoms with van der Waals surface area (Å²) in [4.78, 5) is 26.4. The lowest BCUT2D eigenvalue weighted by Crippen LogP contribution is -2.40. The van der Waals surface area contributed by atoms with Gasteiger partial charge in [0.2, 0.25) is 0 Å². The Labute approximate surface area is 142 Å². The van der Waals surface area contributed by atoms with E-state index >= 15 is 0 Å². The molecule has 2 aromatic rings. The van der Waals surface area contributed by atoms with E-state index in [9.17, 15) is 14.7 Å². The first-order valence-electron chi connectivity index (χ1n) is 7.23. The molecule has 1 aliphatic heterocycles. The van der Waals surface area contributed by atoms with E-state index in [1.54, 1.807) is 37.4 Å². The molecular formula is C18H16BrNO3. The molecule has 4 nitrogen and oxygen atoms in total. The molecule has 0 aliphatic carbocycles. The van der Waals surface area contributed by atoms with Crippen molar-refractivity contribution in [3.8, 4) is 0 Å². The minimum absolute atomic E-state index is 0.262. The van der Waals surface area contributed by atoms with E-state index in [0.29, 0.717) is 16.8 Å². The van der Waals surface area contributed by atoms with Crippen molar-refractivity contribution in [1.29, 1.82) is 0 Å². The fourth-order valence-corrected chi connectivity index (χ4v) is 3.24. The molecule has 5 heteroatoms. The van der Waals surface area contributed by atoms with E-state index in [4.69, 9.17) is 0 Å². The third kappa shape index (κ3) is 2.60. The summed E-state index contributed by atoms with van der Waals surface area (Å²) in [6.45, 7) is 1.94. The van der Waals surface area contributed by atoms with Gasteiger partial charge in [-0.1, -0.05) is 45.8 Å². The van der Waals surface area contributed by atoms with Crippen LogP contribution in [0.25, 0.3) is 0 Å². The fraction of sp³-hybridized carbons (Fsp3) is 0.222. The molecule has 2 aromatic carbocycles. The lowest BCUT2D eigenvalue weighted by molar-refractivity contribution is -0.135. The first kappa shape index (κ1) is 15.9. The highest BCUT2D eigenvalue weighted by molar-refractivity contribution is 9.10. The highest BCUT2D eigenvalue weighted by Crippen LogP contribution is 2.43. The van der Waals surface area contributed by atoms with Crippen LogP contribution in [0.2, 0.25) is 0 Å². The Morgan fingerprint density at radius 3 is 2.52 bits per heavy atom. The van der Waals surface area contributed by atoms with E-state index in [-0.39, 0.29) is 12.2 Å². The normalized spacial score (nSPS) is 19.8. The zero-order chi connectivity index (χ0) is 16.8. The minimum atomic E-state index is -1.82. The number of amides is 1. The molecule has 1 atom stereocenters. The van der Waals surface area contributed by atoms with Gasteiger partial charge in [0, 0.05) is 22.6 Å². The van der Waals surface area contributed by atoms with Crippen LogP contribution in [0, 0.1) is 6.92 Å². The Bertz CT molecular complexity index is 800. The first-order chi connectivity index (χ1) is 10.8. The molecule has 0 fully saturated rings. The van der Waals surface area contributed by atoms with Gasteiger partial charge >= 0.3 is 0 Å². The van der Waals surface area contributed by atoms with Crippen molar-refractivity contribution in [2.75, 3.05) is 11.9 Å². The Balaban J connectivity index is 1.98. The van der Waals surface area contributed by atoms with Crippen molar-refractivity contribution >= 4 is 33.3 Å². The number of carbonyl (C=O) groups is 2. The number of likely N-dealkylation sites (N-methyl/N-ethyl adjacent to an activating group) is 1. The van der Waals surface area contributed by atoms with Crippen LogP contribution in [-0.4, -0.2) is 23.8 Å². The van der Waals surface area contributed by atoms with E-state index in [0.717, 1.165) is 10.0 Å². The second-order valence-corrected chi connectivity index (χ2v) is 6.77. The monoisotopic (exact) mass is 373 g/mol. The zero-order valence-corrected chi connectivity index (χ0v) is 14.4. The molecule has 0 spiro atoms. The van der Waals surface area contributed by atoms with Crippen LogP contribution in [0.5, 0.6) is 0 Å². The number of hydrogen-bond donors (Lipinski definition) is 1. The summed E-state index contributed by atoms with van der Waals surface area (Å²) in [7, 11) is 1.60. The number of hydrogen-bond acceptors (Lipinski definition) is 3. The minimum Gasteiger partial charge on any atom is -0.375 e. The van der Waals surface area contributed by atoms with Gasteiger partial charge in [-0.05, 0) is 25.1 Å². The average molecular weight is 374 g/mol. The Kier molecular flexibility index (Phi) is 3.86. The maximum absolute atomic E-state index is 12.5. The molecule has 0 saturated heterocycles. The van der Waals surface area contributed by atoms with Gasteiger partial charge in [-0.2, -0.15) is 0 Å². The Morgan fingerprint density at radius 2 is 1.87 bits per heavy atom. The number of anilines is 1. The maximum Gasteiger partial charge on any atom is 0.263 e. The van der Waals surface area contributed by atoms with Crippen LogP contribution >= 0.6 is 15.9 Å². The quantitative estimate of drug-likeness (QED) is 0.840. The summed E-state index contributed by atoms with van der Waals surface area (Å²) in [5.41, 5.74) is 0.793. The molecule has 1 heterocycles. The van der Waals surface area contributed by atoms with Crippen LogP contribution in [0.4, 0.5) is 5.69 Å². The van der Waals surface area contributed by atoms with Crippen molar-refractivity contribution < 1.29 is 14.7 Å². The molecule has 1 N–H and O–H groups in total. The number of Topliss-reactive ketones (excluding diaryl/α,β-unsaturated/α-hetero) is 1. The molecule has 0 aromatic heterocycles. The van der Waals surface area contributed by atoms with Crippen molar-refractivity contribution in [3.63, 3.8) is 0 Å². The molecular weight excluding hydrogens is 358 g/mol. The number of ketones is 1. The standard InChI is InChI=1S/C18H16BrNO3/c1-11-3-5-12(6-4-11)16(21)10-18(23)14-9-13(19)7-8-15(14)20(2)17(18)22/h3-9,23H,10H2,1-2H3/t18-/m1/s1. The number of halogens is 1. The van der Waals surface area contributed by atoms with Crippen LogP contribution in [0.1, 0.15) is 27.9 Å². The summed E-state index contributed by atoms with van der Waals surface area (Å²) < 4.78 is 0.751. The third-order valence-electron chi connectivity index (χ3n) is 4.21. The summed E-state index contributed by atoms with van der Waals surface area (Å²) in [5, 5.41) is 11.0. The molecule has 3 rings (SSSR count). The fourth-order valence-electron chi connectivity index (χ4n) is 2.88. The molecule has 0 radical (unpaired) electrons. The third-order valence-corrected chi connectivity index (χ3v) is 4.71. The SMILES string of the molecule is Cc1ccc(C(=O)C[C@]2(O)C(=O)N(C)c3ccc(Br)cc32)cc1. The lowest BCUT2D eigenvalue weighted by Gasteiger charge is -2.21. The predicted octanol–water partition coefficient (Wildman–Crippen LogP) is 3.19. The molecule has 0 saturated carbocycles. The number of carbonyl (C=O) groups excluding carboxylic acids is 2. The highest BCUT2D eigenvalue weighted by atomic mass is 79.9. The molecule has 23 heavy (non-hydrogen) atoms. The van der Waals surface area contributed by atoms with Gasteiger partial charge in [-0.3, -0.25) is 9.59 Å². The van der Waals surface area contributed by atoms with Crippen LogP contribution in [0.3, 0.4) is 0 Å². The molecule has 1 aliphatic rings. The van der Waals surface area contributed by atoms with Crippen molar-refractivity contribution in [2.24, 2.45) is 0 Å². The van der Waals surface area contributed by atoms with Gasteiger partial charge < -0.3 is 10.0 Å². The number of nitrogens with zero attached hydrogens (tertiary/aromatic N) is 1. The number of benzene rings is 2. The van der Waals surface area contributed by atoms with Crippen LogP contribution in [0.15, 0.2) is 46.9 Å². The second-order valence-electron chi connectivity index (χ2n) is 5.85. The molecule has 1 amide bonds. The summed E-state index contributed by atoms with van der Waals surface area (Å²) in [5.74, 6) is -0.742. The summed E-state index contributed by atoms with van der Waals surface area (Å²) >= 11 is 3.35. The molecule has 118 valence electrons. The van der Waals surface area contributed by atoms with Crippen LogP contribution in [-0.2, 0) is 10.4 Å². The lowest BCUT2D eigenvalue weighted by atomic mass is 9.88. The highest BCUT2D eigenvalue weighted by Gasteiger charge is 2.49. The van der Waals surface area contributed by atoms with Gasteiger partial charge in [0.15, 0.2) is 11.4 Å². The number of aryl methyl sites for hydroxylation is 1. The number of fused-ring (bicyclic) bond motifs is 1.